The number of hydrogen-bond donors (Lipinski definition) is 2. The predicted octanol–water partition coefficient (Wildman–Crippen LogP) is 3.29. The van der Waals surface area contributed by atoms with Crippen molar-refractivity contribution in [1.82, 2.24) is 10.2 Å². The summed E-state index contributed by atoms with van der Waals surface area (Å²) in [7, 11) is 1.93. The molecule has 0 saturated heterocycles. The average Bonchev–Trinajstić information content (AvgIpc) is 2.49. The van der Waals surface area contributed by atoms with Crippen LogP contribution in [0.2, 0.25) is 0 Å². The van der Waals surface area contributed by atoms with E-state index in [1.165, 1.54) is 32.1 Å². The Bertz CT molecular complexity index is 306. The van der Waals surface area contributed by atoms with E-state index >= 15 is 0 Å². The summed E-state index contributed by atoms with van der Waals surface area (Å²) in [6, 6.07) is 0.823. The van der Waals surface area contributed by atoms with Gasteiger partial charge in [0.2, 0.25) is 0 Å². The standard InChI is InChI=1S/C17H32N2O2/c1-19(16-11-9-14(13-20)10-12-16)17(21)18-15-7-5-3-2-4-6-8-15/h14-16,20H,2-13H2,1H3,(H,18,21). The van der Waals surface area contributed by atoms with Gasteiger partial charge in [0.05, 0.1) is 0 Å². The van der Waals surface area contributed by atoms with Crippen molar-refractivity contribution in [3.05, 3.63) is 0 Å². The second kappa shape index (κ2) is 8.62. The van der Waals surface area contributed by atoms with Gasteiger partial charge < -0.3 is 15.3 Å². The lowest BCUT2D eigenvalue weighted by atomic mass is 9.86. The van der Waals surface area contributed by atoms with Crippen molar-refractivity contribution in [1.29, 1.82) is 0 Å². The topological polar surface area (TPSA) is 52.6 Å². The van der Waals surface area contributed by atoms with Gasteiger partial charge in [-0.25, -0.2) is 4.79 Å². The smallest absolute Gasteiger partial charge is 0.317 e. The number of carbonyl (C=O) groups is 1. The van der Waals surface area contributed by atoms with E-state index in [0.717, 1.165) is 38.5 Å². The highest BCUT2D eigenvalue weighted by atomic mass is 16.3. The molecular weight excluding hydrogens is 264 g/mol. The minimum Gasteiger partial charge on any atom is -0.396 e. The number of rotatable bonds is 3. The first-order valence-electron chi connectivity index (χ1n) is 8.85. The van der Waals surface area contributed by atoms with Gasteiger partial charge in [-0.2, -0.15) is 0 Å². The molecule has 2 aliphatic rings. The van der Waals surface area contributed by atoms with Gasteiger partial charge >= 0.3 is 6.03 Å². The molecule has 2 amide bonds. The number of amides is 2. The lowest BCUT2D eigenvalue weighted by Crippen LogP contribution is -2.48. The van der Waals surface area contributed by atoms with Crippen LogP contribution in [0, 0.1) is 5.92 Å². The molecule has 0 aromatic carbocycles. The molecule has 2 N–H and O–H groups in total. The second-order valence-corrected chi connectivity index (χ2v) is 6.96. The zero-order chi connectivity index (χ0) is 15.1. The molecular formula is C17H32N2O2. The molecule has 0 aromatic rings. The van der Waals surface area contributed by atoms with Crippen LogP contribution >= 0.6 is 0 Å². The summed E-state index contributed by atoms with van der Waals surface area (Å²) in [4.78, 5) is 14.3. The van der Waals surface area contributed by atoms with Gasteiger partial charge in [-0.05, 0) is 44.4 Å². The number of nitrogens with one attached hydrogen (secondary N) is 1. The van der Waals surface area contributed by atoms with Crippen LogP contribution in [0.15, 0.2) is 0 Å². The lowest BCUT2D eigenvalue weighted by Gasteiger charge is -2.35. The molecule has 2 saturated carbocycles. The lowest BCUT2D eigenvalue weighted by molar-refractivity contribution is 0.132. The van der Waals surface area contributed by atoms with E-state index in [2.05, 4.69) is 5.32 Å². The van der Waals surface area contributed by atoms with E-state index < -0.39 is 0 Å². The summed E-state index contributed by atoms with van der Waals surface area (Å²) in [6.45, 7) is 0.296. The molecule has 2 aliphatic carbocycles. The summed E-state index contributed by atoms with van der Waals surface area (Å²) >= 11 is 0. The number of carbonyl (C=O) groups excluding carboxylic acids is 1. The van der Waals surface area contributed by atoms with Gasteiger partial charge in [-0.1, -0.05) is 32.1 Å². The molecule has 4 nitrogen and oxygen atoms in total. The summed E-state index contributed by atoms with van der Waals surface area (Å²) < 4.78 is 0. The van der Waals surface area contributed by atoms with Crippen molar-refractivity contribution < 1.29 is 9.90 Å². The Balaban J connectivity index is 1.76. The highest BCUT2D eigenvalue weighted by Gasteiger charge is 2.27. The minimum absolute atomic E-state index is 0.105. The molecule has 2 fully saturated rings. The van der Waals surface area contributed by atoms with Gasteiger partial charge in [0.25, 0.3) is 0 Å². The zero-order valence-corrected chi connectivity index (χ0v) is 13.5. The first-order valence-corrected chi connectivity index (χ1v) is 8.85. The predicted molar refractivity (Wildman–Crippen MR) is 85.2 cm³/mol. The van der Waals surface area contributed by atoms with Crippen molar-refractivity contribution in [2.75, 3.05) is 13.7 Å². The summed E-state index contributed by atoms with van der Waals surface area (Å²) in [5.74, 6) is 0.448. The fraction of sp³-hybridized carbons (Fsp3) is 0.941. The first-order chi connectivity index (χ1) is 10.2. The summed E-state index contributed by atoms with van der Waals surface area (Å²) in [5, 5.41) is 12.4. The molecule has 0 aliphatic heterocycles. The Morgan fingerprint density at radius 2 is 1.57 bits per heavy atom. The maximum absolute atomic E-state index is 12.4. The van der Waals surface area contributed by atoms with Crippen molar-refractivity contribution in [2.45, 2.75) is 82.7 Å². The zero-order valence-electron chi connectivity index (χ0n) is 13.5. The van der Waals surface area contributed by atoms with Crippen LogP contribution in [0.25, 0.3) is 0 Å². The number of urea groups is 1. The number of hydrogen-bond acceptors (Lipinski definition) is 2. The van der Waals surface area contributed by atoms with Crippen LogP contribution in [0.4, 0.5) is 4.79 Å². The molecule has 2 rings (SSSR count). The molecule has 0 bridgehead atoms. The Labute approximate surface area is 129 Å². The molecule has 0 atom stereocenters. The first kappa shape index (κ1) is 16.6. The Morgan fingerprint density at radius 3 is 2.14 bits per heavy atom. The molecule has 4 heteroatoms. The SMILES string of the molecule is CN(C(=O)NC1CCCCCCC1)C1CCC(CO)CC1. The van der Waals surface area contributed by atoms with Crippen molar-refractivity contribution in [3.8, 4) is 0 Å². The second-order valence-electron chi connectivity index (χ2n) is 6.96. The molecule has 0 heterocycles. The van der Waals surface area contributed by atoms with Gasteiger partial charge in [0.15, 0.2) is 0 Å². The molecule has 0 unspecified atom stereocenters. The molecule has 122 valence electrons. The van der Waals surface area contributed by atoms with Crippen molar-refractivity contribution >= 4 is 6.03 Å². The van der Waals surface area contributed by atoms with Crippen LogP contribution in [0.5, 0.6) is 0 Å². The van der Waals surface area contributed by atoms with Crippen molar-refractivity contribution in [2.24, 2.45) is 5.92 Å². The number of aliphatic hydroxyl groups excluding tert-OH is 1. The van der Waals surface area contributed by atoms with Crippen LogP contribution in [0.1, 0.15) is 70.6 Å². The Hall–Kier alpha value is -0.770. The maximum atomic E-state index is 12.4. The highest BCUT2D eigenvalue weighted by molar-refractivity contribution is 5.74. The van der Waals surface area contributed by atoms with E-state index in [1.807, 2.05) is 11.9 Å². The van der Waals surface area contributed by atoms with Crippen LogP contribution in [-0.4, -0.2) is 41.8 Å². The normalized spacial score (nSPS) is 28.5. The average molecular weight is 296 g/mol. The van der Waals surface area contributed by atoms with Crippen LogP contribution in [0.3, 0.4) is 0 Å². The summed E-state index contributed by atoms with van der Waals surface area (Å²) in [5.41, 5.74) is 0. The maximum Gasteiger partial charge on any atom is 0.317 e. The molecule has 0 aromatic heterocycles. The fourth-order valence-electron chi connectivity index (χ4n) is 3.76. The molecule has 0 radical (unpaired) electrons. The van der Waals surface area contributed by atoms with Gasteiger partial charge in [0.1, 0.15) is 0 Å². The highest BCUT2D eigenvalue weighted by Crippen LogP contribution is 2.27. The monoisotopic (exact) mass is 296 g/mol. The van der Waals surface area contributed by atoms with Gasteiger partial charge in [-0.3, -0.25) is 0 Å². The third-order valence-corrected chi connectivity index (χ3v) is 5.38. The Morgan fingerprint density at radius 1 is 1.00 bits per heavy atom. The van der Waals surface area contributed by atoms with E-state index in [1.54, 1.807) is 0 Å². The number of aliphatic hydroxyl groups is 1. The largest absolute Gasteiger partial charge is 0.396 e. The van der Waals surface area contributed by atoms with E-state index in [4.69, 9.17) is 0 Å². The molecule has 21 heavy (non-hydrogen) atoms. The Kier molecular flexibility index (Phi) is 6.81. The minimum atomic E-state index is 0.105. The van der Waals surface area contributed by atoms with E-state index in [9.17, 15) is 9.90 Å². The van der Waals surface area contributed by atoms with Crippen molar-refractivity contribution in [3.63, 3.8) is 0 Å². The van der Waals surface area contributed by atoms with Gasteiger partial charge in [0, 0.05) is 25.7 Å². The third kappa shape index (κ3) is 5.17. The van der Waals surface area contributed by atoms with Gasteiger partial charge in [-0.15, -0.1) is 0 Å². The quantitative estimate of drug-likeness (QED) is 0.839. The fourth-order valence-corrected chi connectivity index (χ4v) is 3.76. The third-order valence-electron chi connectivity index (χ3n) is 5.38. The van der Waals surface area contributed by atoms with E-state index in [0.29, 0.717) is 24.6 Å². The summed E-state index contributed by atoms with van der Waals surface area (Å²) in [6.07, 6.45) is 12.9. The van der Waals surface area contributed by atoms with Crippen LogP contribution < -0.4 is 5.32 Å². The molecule has 0 spiro atoms. The number of nitrogens with zero attached hydrogens (tertiary/aromatic N) is 1. The van der Waals surface area contributed by atoms with E-state index in [-0.39, 0.29) is 6.03 Å². The van der Waals surface area contributed by atoms with Crippen LogP contribution in [-0.2, 0) is 0 Å².